The van der Waals surface area contributed by atoms with Crippen LogP contribution in [0.3, 0.4) is 0 Å². The minimum absolute atomic E-state index is 0.396. The third-order valence-electron chi connectivity index (χ3n) is 12.7. The molecule has 6 nitrogen and oxygen atoms in total. The number of furan rings is 3. The van der Waals surface area contributed by atoms with Gasteiger partial charge in [-0.1, -0.05) is 146 Å². The molecule has 0 spiro atoms. The molecule has 4 heterocycles. The summed E-state index contributed by atoms with van der Waals surface area (Å²) in [6, 6.07) is 69.5. The van der Waals surface area contributed by atoms with Crippen LogP contribution in [0.1, 0.15) is 16.7 Å². The number of aliphatic imine (C=N–C) groups is 1. The van der Waals surface area contributed by atoms with Gasteiger partial charge in [-0.05, 0) is 82.4 Å². The largest absolute Gasteiger partial charge is 0.456 e. The van der Waals surface area contributed by atoms with Crippen LogP contribution in [0.15, 0.2) is 218 Å². The Kier molecular flexibility index (Phi) is 8.02. The van der Waals surface area contributed by atoms with E-state index in [1.165, 1.54) is 10.8 Å². The maximum Gasteiger partial charge on any atom is 0.225 e. The van der Waals surface area contributed by atoms with Gasteiger partial charge in [0.15, 0.2) is 5.58 Å². The van der Waals surface area contributed by atoms with Crippen molar-refractivity contribution in [2.45, 2.75) is 6.42 Å². The van der Waals surface area contributed by atoms with E-state index in [1.54, 1.807) is 0 Å². The van der Waals surface area contributed by atoms with Crippen molar-refractivity contribution in [1.82, 2.24) is 4.57 Å². The minimum Gasteiger partial charge on any atom is -0.456 e. The Morgan fingerprint density at radius 2 is 1.09 bits per heavy atom. The van der Waals surface area contributed by atoms with Gasteiger partial charge in [0.05, 0.1) is 16.7 Å². The average molecular weight is 824 g/mol. The standard InChI is InChI=1S/C58H37N3O3/c59-57(36-15-5-2-6-16-36)60-58-46(43-28-25-39(34-54(43)64-58)35-13-3-1-4-14-35)33-40-17-11-24-53-55(40)47-32-38(27-30-52(47)62-53)37-26-29-49-45(31-37)41-18-7-9-21-48(41)61(49)50-22-12-20-44-42-19-8-10-23-51(42)63-56(44)50/h1-32,34H,33H2,(H2,59,60). The van der Waals surface area contributed by atoms with E-state index in [0.717, 1.165) is 111 Å². The lowest BCUT2D eigenvalue weighted by Crippen LogP contribution is -2.12. The lowest BCUT2D eigenvalue weighted by molar-refractivity contribution is 0.622. The van der Waals surface area contributed by atoms with Crippen molar-refractivity contribution < 1.29 is 13.3 Å². The Morgan fingerprint density at radius 3 is 1.97 bits per heavy atom. The molecule has 0 unspecified atom stereocenters. The number of hydrogen-bond acceptors (Lipinski definition) is 4. The van der Waals surface area contributed by atoms with Gasteiger partial charge in [-0.25, -0.2) is 0 Å². The van der Waals surface area contributed by atoms with Crippen LogP contribution in [0.25, 0.3) is 105 Å². The predicted octanol–water partition coefficient (Wildman–Crippen LogP) is 15.3. The van der Waals surface area contributed by atoms with E-state index in [0.29, 0.717) is 18.1 Å². The molecule has 0 bridgehead atoms. The van der Waals surface area contributed by atoms with Gasteiger partial charge in [-0.3, -0.25) is 0 Å². The van der Waals surface area contributed by atoms with E-state index in [4.69, 9.17) is 24.0 Å². The lowest BCUT2D eigenvalue weighted by Gasteiger charge is -2.09. The molecule has 0 saturated heterocycles. The van der Waals surface area contributed by atoms with Crippen molar-refractivity contribution in [2.75, 3.05) is 0 Å². The van der Waals surface area contributed by atoms with Gasteiger partial charge < -0.3 is 23.6 Å². The van der Waals surface area contributed by atoms with Crippen molar-refractivity contribution >= 4 is 88.4 Å². The molecule has 9 aromatic carbocycles. The molecule has 64 heavy (non-hydrogen) atoms. The Balaban J connectivity index is 0.944. The second-order valence-corrected chi connectivity index (χ2v) is 16.4. The molecular formula is C58H37N3O3. The lowest BCUT2D eigenvalue weighted by atomic mass is 9.96. The molecule has 13 rings (SSSR count). The van der Waals surface area contributed by atoms with E-state index >= 15 is 0 Å². The maximum atomic E-state index is 6.65. The van der Waals surface area contributed by atoms with Gasteiger partial charge >= 0.3 is 0 Å². The van der Waals surface area contributed by atoms with Crippen molar-refractivity contribution in [2.24, 2.45) is 10.7 Å². The third-order valence-corrected chi connectivity index (χ3v) is 12.7. The molecule has 0 aliphatic rings. The van der Waals surface area contributed by atoms with Crippen LogP contribution in [0, 0.1) is 0 Å². The van der Waals surface area contributed by atoms with Crippen LogP contribution >= 0.6 is 0 Å². The third kappa shape index (κ3) is 5.70. The second-order valence-electron chi connectivity index (χ2n) is 16.4. The van der Waals surface area contributed by atoms with E-state index in [-0.39, 0.29) is 0 Å². The van der Waals surface area contributed by atoms with Crippen molar-refractivity contribution in [3.05, 3.63) is 217 Å². The minimum atomic E-state index is 0.396. The molecule has 6 heteroatoms. The molecule has 4 aromatic heterocycles. The van der Waals surface area contributed by atoms with Crippen LogP contribution in [0.5, 0.6) is 0 Å². The summed E-state index contributed by atoms with van der Waals surface area (Å²) in [4.78, 5) is 4.94. The Labute approximate surface area is 366 Å². The number of nitrogens with zero attached hydrogens (tertiary/aromatic N) is 2. The molecule has 13 aromatic rings. The van der Waals surface area contributed by atoms with Crippen LogP contribution in [0.4, 0.5) is 5.88 Å². The maximum absolute atomic E-state index is 6.65. The normalized spacial score (nSPS) is 12.3. The van der Waals surface area contributed by atoms with Crippen molar-refractivity contribution in [3.63, 3.8) is 0 Å². The molecule has 0 amide bonds. The molecular weight excluding hydrogens is 787 g/mol. The smallest absolute Gasteiger partial charge is 0.225 e. The number of rotatable bonds is 7. The Morgan fingerprint density at radius 1 is 0.438 bits per heavy atom. The second kappa shape index (κ2) is 14.2. The highest BCUT2D eigenvalue weighted by Gasteiger charge is 2.21. The van der Waals surface area contributed by atoms with Crippen LogP contribution in [-0.2, 0) is 6.42 Å². The summed E-state index contributed by atoms with van der Waals surface area (Å²) < 4.78 is 22.1. The number of nitrogens with two attached hydrogens (primary N) is 1. The molecule has 0 saturated carbocycles. The van der Waals surface area contributed by atoms with E-state index in [9.17, 15) is 0 Å². The van der Waals surface area contributed by atoms with Gasteiger partial charge in [0.25, 0.3) is 0 Å². The number of amidine groups is 1. The molecule has 2 N–H and O–H groups in total. The first kappa shape index (κ1) is 36.1. The van der Waals surface area contributed by atoms with E-state index in [1.807, 2.05) is 66.7 Å². The molecule has 0 aliphatic carbocycles. The van der Waals surface area contributed by atoms with E-state index in [2.05, 4.69) is 138 Å². The first-order valence-electron chi connectivity index (χ1n) is 21.5. The number of fused-ring (bicyclic) bond motifs is 10. The first-order valence-corrected chi connectivity index (χ1v) is 21.5. The number of aromatic nitrogens is 1. The van der Waals surface area contributed by atoms with Gasteiger partial charge in [0.1, 0.15) is 28.2 Å². The predicted molar refractivity (Wildman–Crippen MR) is 262 cm³/mol. The summed E-state index contributed by atoms with van der Waals surface area (Å²) in [5.74, 6) is 0.892. The summed E-state index contributed by atoms with van der Waals surface area (Å²) in [7, 11) is 0. The summed E-state index contributed by atoms with van der Waals surface area (Å²) in [6.45, 7) is 0. The van der Waals surface area contributed by atoms with E-state index < -0.39 is 0 Å². The highest BCUT2D eigenvalue weighted by molar-refractivity contribution is 6.14. The van der Waals surface area contributed by atoms with Crippen molar-refractivity contribution in [1.29, 1.82) is 0 Å². The van der Waals surface area contributed by atoms with Crippen LogP contribution < -0.4 is 5.73 Å². The summed E-state index contributed by atoms with van der Waals surface area (Å²) in [5.41, 5.74) is 21.4. The van der Waals surface area contributed by atoms with Gasteiger partial charge in [0, 0.05) is 55.3 Å². The Bertz CT molecular complexity index is 4000. The fraction of sp³-hybridized carbons (Fsp3) is 0.0172. The zero-order valence-corrected chi connectivity index (χ0v) is 34.5. The summed E-state index contributed by atoms with van der Waals surface area (Å²) >= 11 is 0. The fourth-order valence-electron chi connectivity index (χ4n) is 9.73. The zero-order valence-electron chi connectivity index (χ0n) is 34.5. The monoisotopic (exact) mass is 823 g/mol. The number of para-hydroxylation sites is 3. The summed E-state index contributed by atoms with van der Waals surface area (Å²) in [5, 5.41) is 7.68. The molecule has 0 atom stereocenters. The van der Waals surface area contributed by atoms with Crippen molar-refractivity contribution in [3.8, 4) is 27.9 Å². The molecule has 0 fully saturated rings. The average Bonchev–Trinajstić information content (AvgIpc) is 4.11. The number of benzene rings is 9. The van der Waals surface area contributed by atoms with Crippen LogP contribution in [0.2, 0.25) is 0 Å². The SMILES string of the molecule is NC(=Nc1oc2cc(-c3ccccc3)ccc2c1Cc1cccc2oc3ccc(-c4ccc5c(c4)c4ccccc4n5-c4cccc5c4oc4ccccc45)cc3c12)c1ccccc1. The quantitative estimate of drug-likeness (QED) is 0.128. The summed E-state index contributed by atoms with van der Waals surface area (Å²) in [6.07, 6.45) is 0.554. The fourth-order valence-corrected chi connectivity index (χ4v) is 9.73. The topological polar surface area (TPSA) is 82.7 Å². The van der Waals surface area contributed by atoms with Gasteiger partial charge in [0.2, 0.25) is 5.88 Å². The highest BCUT2D eigenvalue weighted by atomic mass is 16.4. The molecule has 302 valence electrons. The van der Waals surface area contributed by atoms with Gasteiger partial charge in [-0.15, -0.1) is 0 Å². The van der Waals surface area contributed by atoms with Gasteiger partial charge in [-0.2, -0.15) is 4.99 Å². The first-order chi connectivity index (χ1) is 31.6. The zero-order chi connectivity index (χ0) is 42.3. The number of hydrogen-bond donors (Lipinski definition) is 1. The molecule has 0 aliphatic heterocycles. The Hall–Kier alpha value is -8.61. The molecule has 0 radical (unpaired) electrons. The highest BCUT2D eigenvalue weighted by Crippen LogP contribution is 2.42. The van der Waals surface area contributed by atoms with Crippen LogP contribution in [-0.4, -0.2) is 10.4 Å².